The summed E-state index contributed by atoms with van der Waals surface area (Å²) in [6.45, 7) is 3.12. The predicted octanol–water partition coefficient (Wildman–Crippen LogP) is 2.35. The first-order valence-corrected chi connectivity index (χ1v) is 11.2. The first kappa shape index (κ1) is 23.5. The topological polar surface area (TPSA) is 103 Å². The molecule has 0 radical (unpaired) electrons. The van der Waals surface area contributed by atoms with Crippen LogP contribution in [0, 0.1) is 0 Å². The van der Waals surface area contributed by atoms with E-state index in [4.69, 9.17) is 14.2 Å². The van der Waals surface area contributed by atoms with Crippen LogP contribution in [0.4, 0.5) is 0 Å². The van der Waals surface area contributed by atoms with Gasteiger partial charge in [-0.3, -0.25) is 4.79 Å². The smallest absolute Gasteiger partial charge is 0.240 e. The molecule has 0 aliphatic carbocycles. The van der Waals surface area contributed by atoms with Crippen molar-refractivity contribution in [2.24, 2.45) is 0 Å². The monoisotopic (exact) mass is 436 g/mol. The summed E-state index contributed by atoms with van der Waals surface area (Å²) in [7, 11) is -2.12. The van der Waals surface area contributed by atoms with E-state index in [0.717, 1.165) is 0 Å². The van der Waals surface area contributed by atoms with Crippen molar-refractivity contribution in [1.82, 2.24) is 10.0 Å². The van der Waals surface area contributed by atoms with E-state index in [0.29, 0.717) is 36.9 Å². The number of carbonyl (C=O) groups is 1. The summed E-state index contributed by atoms with van der Waals surface area (Å²) in [4.78, 5) is 12.0. The van der Waals surface area contributed by atoms with E-state index >= 15 is 0 Å². The molecule has 0 saturated heterocycles. The maximum atomic E-state index is 12.2. The highest BCUT2D eigenvalue weighted by atomic mass is 32.2. The molecule has 0 heterocycles. The maximum absolute atomic E-state index is 12.2. The number of benzene rings is 2. The van der Waals surface area contributed by atoms with Gasteiger partial charge in [-0.05, 0) is 49.7 Å². The molecule has 0 unspecified atom stereocenters. The molecule has 0 bridgehead atoms. The minimum absolute atomic E-state index is 0.0956. The van der Waals surface area contributed by atoms with E-state index in [9.17, 15) is 13.2 Å². The fourth-order valence-corrected chi connectivity index (χ4v) is 3.60. The zero-order valence-electron chi connectivity index (χ0n) is 17.2. The van der Waals surface area contributed by atoms with Crippen molar-refractivity contribution >= 4 is 15.9 Å². The minimum Gasteiger partial charge on any atom is -0.497 e. The van der Waals surface area contributed by atoms with Gasteiger partial charge in [0, 0.05) is 19.5 Å². The second-order valence-electron chi connectivity index (χ2n) is 6.26. The Bertz CT molecular complexity index is 900. The Morgan fingerprint density at radius 1 is 0.967 bits per heavy atom. The van der Waals surface area contributed by atoms with Gasteiger partial charge in [0.2, 0.25) is 15.9 Å². The first-order chi connectivity index (χ1) is 14.5. The van der Waals surface area contributed by atoms with Gasteiger partial charge in [0.1, 0.15) is 5.75 Å². The molecule has 0 spiro atoms. The van der Waals surface area contributed by atoms with Gasteiger partial charge in [-0.25, -0.2) is 13.1 Å². The fraction of sp³-hybridized carbons (Fsp3) is 0.381. The average molecular weight is 437 g/mol. The van der Waals surface area contributed by atoms with E-state index in [1.54, 1.807) is 12.1 Å². The summed E-state index contributed by atoms with van der Waals surface area (Å²) >= 11 is 0. The van der Waals surface area contributed by atoms with E-state index < -0.39 is 10.0 Å². The molecule has 0 fully saturated rings. The lowest BCUT2D eigenvalue weighted by Crippen LogP contribution is -2.34. The Morgan fingerprint density at radius 3 is 2.27 bits per heavy atom. The molecule has 0 aromatic heterocycles. The van der Waals surface area contributed by atoms with Crippen molar-refractivity contribution in [3.8, 4) is 17.2 Å². The summed E-state index contributed by atoms with van der Waals surface area (Å²) in [5, 5.41) is 2.69. The third-order valence-electron chi connectivity index (χ3n) is 4.06. The highest BCUT2D eigenvalue weighted by Gasteiger charge is 2.13. The molecule has 2 N–H and O–H groups in total. The van der Waals surface area contributed by atoms with Crippen molar-refractivity contribution < 1.29 is 27.4 Å². The predicted molar refractivity (Wildman–Crippen MR) is 114 cm³/mol. The lowest BCUT2D eigenvalue weighted by atomic mass is 10.3. The van der Waals surface area contributed by atoms with Crippen LogP contribution in [0.2, 0.25) is 0 Å². The summed E-state index contributed by atoms with van der Waals surface area (Å²) in [6, 6.07) is 13.5. The van der Waals surface area contributed by atoms with Crippen molar-refractivity contribution in [3.63, 3.8) is 0 Å². The molecule has 2 aromatic carbocycles. The molecule has 0 aliphatic rings. The van der Waals surface area contributed by atoms with Crippen molar-refractivity contribution in [2.45, 2.75) is 24.7 Å². The van der Waals surface area contributed by atoms with Crippen molar-refractivity contribution in [3.05, 3.63) is 48.5 Å². The van der Waals surface area contributed by atoms with Gasteiger partial charge in [0.25, 0.3) is 0 Å². The van der Waals surface area contributed by atoms with Gasteiger partial charge in [-0.2, -0.15) is 0 Å². The first-order valence-electron chi connectivity index (χ1n) is 9.71. The number of ether oxygens (including phenoxy) is 3. The lowest BCUT2D eigenvalue weighted by Gasteiger charge is -2.11. The van der Waals surface area contributed by atoms with Gasteiger partial charge in [0.05, 0.1) is 25.2 Å². The minimum atomic E-state index is -3.63. The van der Waals surface area contributed by atoms with Crippen LogP contribution in [-0.4, -0.2) is 47.7 Å². The molecule has 0 atom stereocenters. The highest BCUT2D eigenvalue weighted by Crippen LogP contribution is 2.26. The standard InChI is InChI=1S/C21H28N2O6S/c1-3-28-19-7-4-5-8-20(19)29-16-6-9-21(24)22-14-15-23-30(25,26)18-12-10-17(27-2)11-13-18/h4-5,7-8,10-13,23H,3,6,9,14-16H2,1-2H3,(H,22,24). The van der Waals surface area contributed by atoms with Crippen molar-refractivity contribution in [1.29, 1.82) is 0 Å². The molecule has 164 valence electrons. The zero-order chi connectivity index (χ0) is 21.8. The van der Waals surface area contributed by atoms with Gasteiger partial charge in [-0.15, -0.1) is 0 Å². The second kappa shape index (κ2) is 12.0. The van der Waals surface area contributed by atoms with Gasteiger partial charge >= 0.3 is 0 Å². The number of rotatable bonds is 13. The Kier molecular flexibility index (Phi) is 9.43. The van der Waals surface area contributed by atoms with Crippen LogP contribution in [0.5, 0.6) is 17.2 Å². The van der Waals surface area contributed by atoms with E-state index in [2.05, 4.69) is 10.0 Å². The number of hydrogen-bond acceptors (Lipinski definition) is 6. The van der Waals surface area contributed by atoms with Gasteiger partial charge < -0.3 is 19.5 Å². The Balaban J connectivity index is 1.64. The lowest BCUT2D eigenvalue weighted by molar-refractivity contribution is -0.121. The Morgan fingerprint density at radius 2 is 1.63 bits per heavy atom. The van der Waals surface area contributed by atoms with E-state index in [1.807, 2.05) is 31.2 Å². The number of sulfonamides is 1. The summed E-state index contributed by atoms with van der Waals surface area (Å²) in [5.41, 5.74) is 0. The normalized spacial score (nSPS) is 11.0. The molecule has 30 heavy (non-hydrogen) atoms. The molecular formula is C21H28N2O6S. The number of carbonyl (C=O) groups excluding carboxylic acids is 1. The number of amides is 1. The Labute approximate surface area is 177 Å². The molecule has 1 amide bonds. The quantitative estimate of drug-likeness (QED) is 0.467. The van der Waals surface area contributed by atoms with E-state index in [-0.39, 0.29) is 30.3 Å². The van der Waals surface area contributed by atoms with Crippen LogP contribution in [0.1, 0.15) is 19.8 Å². The summed E-state index contributed by atoms with van der Waals surface area (Å²) in [5.74, 6) is 1.73. The molecule has 0 saturated carbocycles. The third-order valence-corrected chi connectivity index (χ3v) is 5.54. The Hall–Kier alpha value is -2.78. The van der Waals surface area contributed by atoms with Crippen LogP contribution in [0.15, 0.2) is 53.4 Å². The molecule has 9 heteroatoms. The van der Waals surface area contributed by atoms with E-state index in [1.165, 1.54) is 19.2 Å². The molecule has 2 rings (SSSR count). The highest BCUT2D eigenvalue weighted by molar-refractivity contribution is 7.89. The summed E-state index contributed by atoms with van der Waals surface area (Å²) in [6.07, 6.45) is 0.811. The van der Waals surface area contributed by atoms with Crippen LogP contribution < -0.4 is 24.2 Å². The average Bonchev–Trinajstić information content (AvgIpc) is 2.75. The fourth-order valence-electron chi connectivity index (χ4n) is 2.57. The maximum Gasteiger partial charge on any atom is 0.240 e. The molecular weight excluding hydrogens is 408 g/mol. The number of nitrogens with one attached hydrogen (secondary N) is 2. The van der Waals surface area contributed by atoms with Crippen LogP contribution in [0.25, 0.3) is 0 Å². The number of para-hydroxylation sites is 2. The second-order valence-corrected chi connectivity index (χ2v) is 8.02. The van der Waals surface area contributed by atoms with Crippen LogP contribution in [-0.2, 0) is 14.8 Å². The van der Waals surface area contributed by atoms with Crippen LogP contribution >= 0.6 is 0 Å². The number of hydrogen-bond donors (Lipinski definition) is 2. The molecule has 2 aromatic rings. The molecule has 0 aliphatic heterocycles. The largest absolute Gasteiger partial charge is 0.497 e. The number of methoxy groups -OCH3 is 1. The van der Waals surface area contributed by atoms with Gasteiger partial charge in [0.15, 0.2) is 11.5 Å². The molecule has 8 nitrogen and oxygen atoms in total. The summed E-state index contributed by atoms with van der Waals surface area (Å²) < 4.78 is 43.0. The van der Waals surface area contributed by atoms with Gasteiger partial charge in [-0.1, -0.05) is 12.1 Å². The zero-order valence-corrected chi connectivity index (χ0v) is 18.0. The van der Waals surface area contributed by atoms with Crippen LogP contribution in [0.3, 0.4) is 0 Å². The SMILES string of the molecule is CCOc1ccccc1OCCCC(=O)NCCNS(=O)(=O)c1ccc(OC)cc1. The third kappa shape index (κ3) is 7.57. The van der Waals surface area contributed by atoms with Crippen molar-refractivity contribution in [2.75, 3.05) is 33.4 Å².